The quantitative estimate of drug-likeness (QED) is 0.0999. The van der Waals surface area contributed by atoms with Crippen molar-refractivity contribution >= 4 is 7.82 Å². The van der Waals surface area contributed by atoms with Crippen molar-refractivity contribution < 1.29 is 46.9 Å². The zero-order valence-electron chi connectivity index (χ0n) is 29.8. The highest BCUT2D eigenvalue weighted by Gasteiger charge is 2.51. The molecule has 2 aliphatic rings. The molecule has 54 heavy (non-hydrogen) atoms. The van der Waals surface area contributed by atoms with Gasteiger partial charge in [0.15, 0.2) is 6.29 Å². The fraction of sp³-hybridized carbons (Fsp3) is 0.302. The molecule has 0 spiro atoms. The Balaban J connectivity index is 1.19. The van der Waals surface area contributed by atoms with E-state index < -0.39 is 44.6 Å². The highest BCUT2D eigenvalue weighted by molar-refractivity contribution is 7.48. The SMILES string of the molecule is O=P1(OC[C@@H](OCc2ccccc2)[C@H]2O[C@H](O)[C@@H](OCc3ccccc3)[C@@H](OCc3ccccc3)[C@@H]2OCc2ccccc2)OCc2ccccc2CO1. The maximum atomic E-state index is 13.9. The first-order valence-electron chi connectivity index (χ1n) is 18.1. The Kier molecular flexibility index (Phi) is 13.5. The van der Waals surface area contributed by atoms with E-state index in [4.69, 9.17) is 37.3 Å². The monoisotopic (exact) mass is 752 g/mol. The summed E-state index contributed by atoms with van der Waals surface area (Å²) < 4.78 is 64.2. The third-order valence-corrected chi connectivity index (χ3v) is 10.7. The Morgan fingerprint density at radius 2 is 0.963 bits per heavy atom. The molecule has 7 rings (SSSR count). The van der Waals surface area contributed by atoms with Crippen molar-refractivity contribution in [1.29, 1.82) is 0 Å². The minimum absolute atomic E-state index is 0.0558. The highest BCUT2D eigenvalue weighted by atomic mass is 31.2. The molecule has 0 saturated carbocycles. The fourth-order valence-electron chi connectivity index (χ4n) is 6.44. The third-order valence-electron chi connectivity index (χ3n) is 9.35. The number of aliphatic hydroxyl groups excluding tert-OH is 1. The number of phosphoric ester groups is 1. The van der Waals surface area contributed by atoms with Crippen LogP contribution in [0.2, 0.25) is 0 Å². The first-order chi connectivity index (χ1) is 26.5. The van der Waals surface area contributed by atoms with E-state index >= 15 is 0 Å². The summed E-state index contributed by atoms with van der Waals surface area (Å²) in [6.45, 7) is 0.615. The van der Waals surface area contributed by atoms with Gasteiger partial charge in [-0.3, -0.25) is 13.6 Å². The predicted octanol–water partition coefficient (Wildman–Crippen LogP) is 7.92. The summed E-state index contributed by atoms with van der Waals surface area (Å²) in [6, 6.07) is 46.4. The van der Waals surface area contributed by atoms with Crippen LogP contribution < -0.4 is 0 Å². The minimum Gasteiger partial charge on any atom is -0.368 e. The van der Waals surface area contributed by atoms with E-state index in [9.17, 15) is 9.67 Å². The molecule has 2 heterocycles. The van der Waals surface area contributed by atoms with E-state index in [0.717, 1.165) is 33.4 Å². The molecule has 282 valence electrons. The van der Waals surface area contributed by atoms with Crippen molar-refractivity contribution in [2.24, 2.45) is 0 Å². The molecule has 6 atom stereocenters. The van der Waals surface area contributed by atoms with E-state index in [1.54, 1.807) is 0 Å². The molecule has 0 radical (unpaired) electrons. The number of hydrogen-bond donors (Lipinski definition) is 1. The lowest BCUT2D eigenvalue weighted by molar-refractivity contribution is -0.328. The van der Waals surface area contributed by atoms with Crippen LogP contribution in [0.3, 0.4) is 0 Å². The average molecular weight is 753 g/mol. The summed E-state index contributed by atoms with van der Waals surface area (Å²) in [7, 11) is -4.06. The molecule has 5 aromatic rings. The Morgan fingerprint density at radius 3 is 1.44 bits per heavy atom. The highest BCUT2D eigenvalue weighted by Crippen LogP contribution is 2.53. The first-order valence-corrected chi connectivity index (χ1v) is 19.6. The van der Waals surface area contributed by atoms with Gasteiger partial charge in [0.25, 0.3) is 0 Å². The van der Waals surface area contributed by atoms with Gasteiger partial charge in [-0.05, 0) is 33.4 Å². The van der Waals surface area contributed by atoms with Gasteiger partial charge in [-0.15, -0.1) is 0 Å². The number of aliphatic hydroxyl groups is 1. The zero-order valence-corrected chi connectivity index (χ0v) is 30.7. The predicted molar refractivity (Wildman–Crippen MR) is 201 cm³/mol. The van der Waals surface area contributed by atoms with Crippen molar-refractivity contribution in [3.05, 3.63) is 179 Å². The van der Waals surface area contributed by atoms with Gasteiger partial charge in [0, 0.05) is 0 Å². The van der Waals surface area contributed by atoms with Crippen LogP contribution in [0.15, 0.2) is 146 Å². The van der Waals surface area contributed by atoms with E-state index in [-0.39, 0.29) is 46.2 Å². The van der Waals surface area contributed by atoms with Gasteiger partial charge in [0.2, 0.25) is 0 Å². The standard InChI is InChI=1S/C43H45O10P/c44-43-42(49-28-35-21-11-4-12-22-35)41(48-27-34-19-9-3-10-20-34)40(47-26-33-17-7-2-8-18-33)39(53-43)38(46-25-32-15-5-1-6-16-32)31-52-54(45)50-29-36-23-13-14-24-37(36)30-51-54/h1-24,38-44H,25-31H2/t38-,39-,40-,41+,42+,43+/m1/s1. The third kappa shape index (κ3) is 10.4. The molecule has 0 aliphatic carbocycles. The summed E-state index contributed by atoms with van der Waals surface area (Å²) in [5, 5.41) is 11.7. The summed E-state index contributed by atoms with van der Waals surface area (Å²) in [5.41, 5.74) is 5.40. The molecule has 11 heteroatoms. The summed E-state index contributed by atoms with van der Waals surface area (Å²) in [4.78, 5) is 0. The van der Waals surface area contributed by atoms with E-state index in [0.29, 0.717) is 0 Å². The van der Waals surface area contributed by atoms with Crippen LogP contribution in [0, 0.1) is 0 Å². The maximum Gasteiger partial charge on any atom is 0.475 e. The second-order valence-corrected chi connectivity index (χ2v) is 14.8. The second-order valence-electron chi connectivity index (χ2n) is 13.2. The minimum atomic E-state index is -4.06. The molecule has 5 aromatic carbocycles. The smallest absolute Gasteiger partial charge is 0.368 e. The van der Waals surface area contributed by atoms with E-state index in [1.165, 1.54) is 0 Å². The number of ether oxygens (including phenoxy) is 5. The zero-order chi connectivity index (χ0) is 37.0. The van der Waals surface area contributed by atoms with E-state index in [1.807, 2.05) is 146 Å². The van der Waals surface area contributed by atoms with Crippen LogP contribution in [0.5, 0.6) is 0 Å². The number of fused-ring (bicyclic) bond motifs is 1. The second kappa shape index (κ2) is 19.0. The van der Waals surface area contributed by atoms with Gasteiger partial charge < -0.3 is 28.8 Å². The van der Waals surface area contributed by atoms with Crippen molar-refractivity contribution in [2.75, 3.05) is 6.61 Å². The van der Waals surface area contributed by atoms with Gasteiger partial charge in [-0.2, -0.15) is 0 Å². The molecule has 0 bridgehead atoms. The van der Waals surface area contributed by atoms with Crippen molar-refractivity contribution in [3.63, 3.8) is 0 Å². The topological polar surface area (TPSA) is 111 Å². The van der Waals surface area contributed by atoms with Crippen LogP contribution in [0.1, 0.15) is 33.4 Å². The molecule has 1 N–H and O–H groups in total. The van der Waals surface area contributed by atoms with Crippen LogP contribution >= 0.6 is 7.82 Å². The number of rotatable bonds is 16. The molecule has 0 unspecified atom stereocenters. The number of hydrogen-bond acceptors (Lipinski definition) is 10. The lowest BCUT2D eigenvalue weighted by Crippen LogP contribution is -2.63. The summed E-state index contributed by atoms with van der Waals surface area (Å²) in [5.74, 6) is 0. The molecule has 0 aromatic heterocycles. The van der Waals surface area contributed by atoms with Crippen LogP contribution in [0.4, 0.5) is 0 Å². The average Bonchev–Trinajstić information content (AvgIpc) is 3.39. The molecular weight excluding hydrogens is 707 g/mol. The van der Waals surface area contributed by atoms with Crippen molar-refractivity contribution in [1.82, 2.24) is 0 Å². The maximum absolute atomic E-state index is 13.9. The van der Waals surface area contributed by atoms with Crippen LogP contribution in [-0.2, 0) is 81.5 Å². The van der Waals surface area contributed by atoms with Gasteiger partial charge in [-0.25, -0.2) is 4.57 Å². The number of benzene rings is 5. The Bertz CT molecular complexity index is 1870. The summed E-state index contributed by atoms with van der Waals surface area (Å²) >= 11 is 0. The Morgan fingerprint density at radius 1 is 0.556 bits per heavy atom. The molecule has 2 aliphatic heterocycles. The van der Waals surface area contributed by atoms with Crippen LogP contribution in [0.25, 0.3) is 0 Å². The van der Waals surface area contributed by atoms with Crippen LogP contribution in [-0.4, -0.2) is 48.5 Å². The van der Waals surface area contributed by atoms with Crippen molar-refractivity contribution in [3.8, 4) is 0 Å². The molecule has 1 fully saturated rings. The Labute approximate surface area is 316 Å². The Hall–Kier alpha value is -4.03. The fourth-order valence-corrected chi connectivity index (χ4v) is 7.58. The van der Waals surface area contributed by atoms with Gasteiger partial charge >= 0.3 is 7.82 Å². The summed E-state index contributed by atoms with van der Waals surface area (Å²) in [6.07, 6.45) is -6.03. The molecule has 0 amide bonds. The van der Waals surface area contributed by atoms with Crippen molar-refractivity contribution in [2.45, 2.75) is 76.5 Å². The van der Waals surface area contributed by atoms with E-state index in [2.05, 4.69) is 0 Å². The normalized spacial score (nSPS) is 22.9. The molecule has 10 nitrogen and oxygen atoms in total. The molecular formula is C43H45O10P. The van der Waals surface area contributed by atoms with Gasteiger partial charge in [0.05, 0.1) is 46.2 Å². The lowest BCUT2D eigenvalue weighted by Gasteiger charge is -2.46. The largest absolute Gasteiger partial charge is 0.475 e. The first kappa shape index (κ1) is 38.3. The van der Waals surface area contributed by atoms with Gasteiger partial charge in [-0.1, -0.05) is 146 Å². The van der Waals surface area contributed by atoms with Gasteiger partial charge in [0.1, 0.15) is 30.5 Å². The number of phosphoric acid groups is 1. The lowest BCUT2D eigenvalue weighted by atomic mass is 9.94. The molecule has 1 saturated heterocycles.